The first-order valence-electron chi connectivity index (χ1n) is 6.28. The Hall–Kier alpha value is -1.55. The minimum absolute atomic E-state index is 0.338. The third-order valence-corrected chi connectivity index (χ3v) is 4.56. The minimum Gasteiger partial charge on any atom is -0.508 e. The van der Waals surface area contributed by atoms with Crippen molar-refractivity contribution in [1.82, 2.24) is 0 Å². The molecular weight excluding hydrogens is 244 g/mol. The average Bonchev–Trinajstić information content (AvgIpc) is 2.71. The topological polar surface area (TPSA) is 60.4 Å². The van der Waals surface area contributed by atoms with Crippen molar-refractivity contribution in [2.45, 2.75) is 25.7 Å². The second-order valence-electron chi connectivity index (χ2n) is 4.97. The summed E-state index contributed by atoms with van der Waals surface area (Å²) >= 11 is 1.69. The van der Waals surface area contributed by atoms with Gasteiger partial charge in [-0.2, -0.15) is 0 Å². The fraction of sp³-hybridized carbons (Fsp3) is 0.357. The molecule has 0 radical (unpaired) electrons. The molecule has 3 rings (SSSR count). The maximum Gasteiger partial charge on any atom is 0.329 e. The molecular formula is C14H17N2OS+. The Kier molecular flexibility index (Phi) is 2.96. The fourth-order valence-electron chi connectivity index (χ4n) is 2.66. The number of fused-ring (bicyclic) bond motifs is 1. The molecule has 1 unspecified atom stereocenters. The molecule has 4 heteroatoms. The number of aryl methyl sites for hydroxylation is 1. The van der Waals surface area contributed by atoms with E-state index in [1.54, 1.807) is 23.5 Å². The van der Waals surface area contributed by atoms with Crippen molar-refractivity contribution in [1.29, 1.82) is 0 Å². The summed E-state index contributed by atoms with van der Waals surface area (Å²) in [6, 6.07) is 7.56. The van der Waals surface area contributed by atoms with E-state index in [2.05, 4.69) is 4.98 Å². The fourth-order valence-corrected chi connectivity index (χ4v) is 3.69. The molecule has 1 atom stereocenters. The molecule has 0 saturated carbocycles. The highest BCUT2D eigenvalue weighted by Gasteiger charge is 2.24. The van der Waals surface area contributed by atoms with Gasteiger partial charge < -0.3 is 5.11 Å². The van der Waals surface area contributed by atoms with Gasteiger partial charge in [0, 0.05) is 6.42 Å². The number of benzene rings is 1. The Morgan fingerprint density at radius 3 is 2.89 bits per heavy atom. The number of aromatic amines is 1. The van der Waals surface area contributed by atoms with Gasteiger partial charge in [-0.3, -0.25) is 5.73 Å². The largest absolute Gasteiger partial charge is 0.508 e. The predicted octanol–water partition coefficient (Wildman–Crippen LogP) is 2.20. The van der Waals surface area contributed by atoms with Crippen LogP contribution in [-0.4, -0.2) is 5.11 Å². The molecule has 2 aromatic rings. The zero-order chi connectivity index (χ0) is 12.5. The van der Waals surface area contributed by atoms with Crippen LogP contribution in [0.3, 0.4) is 0 Å². The number of phenolic OH excluding ortho intramolecular Hbond substituents is 1. The molecule has 0 bridgehead atoms. The number of hydrogen-bond acceptors (Lipinski definition) is 3. The van der Waals surface area contributed by atoms with Crippen LogP contribution in [0.2, 0.25) is 0 Å². The number of nitrogens with two attached hydrogens (primary N) is 1. The molecule has 0 fully saturated rings. The maximum absolute atomic E-state index is 9.28. The van der Waals surface area contributed by atoms with E-state index < -0.39 is 0 Å². The van der Waals surface area contributed by atoms with E-state index in [4.69, 9.17) is 5.73 Å². The monoisotopic (exact) mass is 261 g/mol. The standard InChI is InChI=1S/C14H16N2OS/c15-14-16-12-6-3-10(8-13(12)18-14)7-9-1-4-11(17)5-2-9/h1-2,4-5,10,17H,3,6-8H2,(H2,15,16)/p+1. The number of thiazole rings is 1. The van der Waals surface area contributed by atoms with Gasteiger partial charge in [-0.25, -0.2) is 4.98 Å². The molecule has 0 spiro atoms. The Bertz CT molecular complexity index is 547. The molecule has 94 valence electrons. The first kappa shape index (κ1) is 11.5. The van der Waals surface area contributed by atoms with E-state index in [1.807, 2.05) is 12.1 Å². The van der Waals surface area contributed by atoms with Crippen LogP contribution in [0.4, 0.5) is 5.13 Å². The number of hydrogen-bond donors (Lipinski definition) is 2. The highest BCUT2D eigenvalue weighted by Crippen LogP contribution is 2.30. The second-order valence-corrected chi connectivity index (χ2v) is 6.11. The van der Waals surface area contributed by atoms with Crippen molar-refractivity contribution in [3.8, 4) is 5.75 Å². The molecule has 0 aliphatic heterocycles. The zero-order valence-corrected chi connectivity index (χ0v) is 11.0. The average molecular weight is 261 g/mol. The summed E-state index contributed by atoms with van der Waals surface area (Å²) in [7, 11) is 0. The Labute approximate surface area is 110 Å². The highest BCUT2D eigenvalue weighted by atomic mass is 32.1. The summed E-state index contributed by atoms with van der Waals surface area (Å²) in [5.74, 6) is 1.03. The molecule has 1 heterocycles. The molecule has 4 N–H and O–H groups in total. The van der Waals surface area contributed by atoms with Crippen LogP contribution in [0.1, 0.15) is 22.6 Å². The van der Waals surface area contributed by atoms with Crippen molar-refractivity contribution in [2.75, 3.05) is 5.73 Å². The van der Waals surface area contributed by atoms with Crippen molar-refractivity contribution >= 4 is 16.5 Å². The van der Waals surface area contributed by atoms with E-state index in [0.29, 0.717) is 11.7 Å². The summed E-state index contributed by atoms with van der Waals surface area (Å²) in [6.07, 6.45) is 4.51. The maximum atomic E-state index is 9.28. The molecule has 1 aliphatic carbocycles. The Morgan fingerprint density at radius 1 is 1.33 bits per heavy atom. The number of aromatic hydroxyl groups is 1. The lowest BCUT2D eigenvalue weighted by molar-refractivity contribution is -0.368. The van der Waals surface area contributed by atoms with Gasteiger partial charge in [0.05, 0.1) is 4.88 Å². The van der Waals surface area contributed by atoms with Gasteiger partial charge >= 0.3 is 5.13 Å². The predicted molar refractivity (Wildman–Crippen MR) is 72.6 cm³/mol. The number of anilines is 1. The van der Waals surface area contributed by atoms with Gasteiger partial charge in [0.1, 0.15) is 11.4 Å². The second kappa shape index (κ2) is 4.61. The number of rotatable bonds is 2. The van der Waals surface area contributed by atoms with E-state index in [1.165, 1.54) is 22.6 Å². The van der Waals surface area contributed by atoms with E-state index in [9.17, 15) is 5.11 Å². The number of H-pyrrole nitrogens is 1. The lowest BCUT2D eigenvalue weighted by Crippen LogP contribution is -2.20. The van der Waals surface area contributed by atoms with Gasteiger partial charge in [-0.15, -0.1) is 0 Å². The van der Waals surface area contributed by atoms with Gasteiger partial charge in [0.2, 0.25) is 0 Å². The number of aromatic nitrogens is 1. The summed E-state index contributed by atoms with van der Waals surface area (Å²) in [5, 5.41) is 10.1. The van der Waals surface area contributed by atoms with Crippen molar-refractivity contribution < 1.29 is 10.1 Å². The summed E-state index contributed by atoms with van der Waals surface area (Å²) in [4.78, 5) is 4.67. The highest BCUT2D eigenvalue weighted by molar-refractivity contribution is 7.15. The van der Waals surface area contributed by atoms with E-state index >= 15 is 0 Å². The third-order valence-electron chi connectivity index (χ3n) is 3.58. The van der Waals surface area contributed by atoms with Crippen molar-refractivity contribution in [3.05, 3.63) is 40.4 Å². The molecule has 1 aliphatic rings. The van der Waals surface area contributed by atoms with E-state index in [0.717, 1.165) is 24.4 Å². The van der Waals surface area contributed by atoms with Gasteiger partial charge in [-0.1, -0.05) is 23.5 Å². The number of nitrogen functional groups attached to an aromatic ring is 1. The lowest BCUT2D eigenvalue weighted by atomic mass is 9.86. The normalized spacial score (nSPS) is 18.6. The lowest BCUT2D eigenvalue weighted by Gasteiger charge is -2.20. The van der Waals surface area contributed by atoms with Crippen LogP contribution in [-0.2, 0) is 19.3 Å². The number of nitrogens with one attached hydrogen (secondary N) is 1. The minimum atomic E-state index is 0.338. The van der Waals surface area contributed by atoms with Crippen LogP contribution in [0.25, 0.3) is 0 Å². The van der Waals surface area contributed by atoms with Crippen molar-refractivity contribution in [2.24, 2.45) is 5.92 Å². The molecule has 1 aromatic carbocycles. The first-order valence-corrected chi connectivity index (χ1v) is 7.09. The van der Waals surface area contributed by atoms with E-state index in [-0.39, 0.29) is 0 Å². The van der Waals surface area contributed by atoms with Gasteiger partial charge in [0.15, 0.2) is 0 Å². The molecule has 0 amide bonds. The summed E-state index contributed by atoms with van der Waals surface area (Å²) in [5.41, 5.74) is 8.44. The summed E-state index contributed by atoms with van der Waals surface area (Å²) in [6.45, 7) is 0. The van der Waals surface area contributed by atoms with Crippen LogP contribution >= 0.6 is 11.3 Å². The third kappa shape index (κ3) is 2.34. The van der Waals surface area contributed by atoms with Crippen LogP contribution in [0.5, 0.6) is 5.75 Å². The molecule has 3 nitrogen and oxygen atoms in total. The number of phenols is 1. The Morgan fingerprint density at radius 2 is 2.11 bits per heavy atom. The van der Waals surface area contributed by atoms with Crippen LogP contribution in [0.15, 0.2) is 24.3 Å². The summed E-state index contributed by atoms with van der Waals surface area (Å²) < 4.78 is 0. The molecule has 1 aromatic heterocycles. The van der Waals surface area contributed by atoms with Crippen molar-refractivity contribution in [3.63, 3.8) is 0 Å². The zero-order valence-electron chi connectivity index (χ0n) is 10.1. The quantitative estimate of drug-likeness (QED) is 0.870. The van der Waals surface area contributed by atoms with Gasteiger partial charge in [0.25, 0.3) is 0 Å². The van der Waals surface area contributed by atoms with Crippen LogP contribution < -0.4 is 10.7 Å². The Balaban J connectivity index is 1.70. The van der Waals surface area contributed by atoms with Gasteiger partial charge in [-0.05, 0) is 42.9 Å². The SMILES string of the molecule is Nc1[nH+]c2c(s1)CC(Cc1ccc(O)cc1)CC2. The van der Waals surface area contributed by atoms with Crippen LogP contribution in [0, 0.1) is 5.92 Å². The first-order chi connectivity index (χ1) is 8.70. The molecule has 18 heavy (non-hydrogen) atoms. The smallest absolute Gasteiger partial charge is 0.329 e. The molecule has 0 saturated heterocycles.